The molecule has 0 aromatic heterocycles. The average Bonchev–Trinajstić information content (AvgIpc) is 2.92. The number of nitrogens with zero attached hydrogens (tertiary/aromatic N) is 2. The Morgan fingerprint density at radius 2 is 2.18 bits per heavy atom. The first kappa shape index (κ1) is 21.9. The summed E-state index contributed by atoms with van der Waals surface area (Å²) in [6.45, 7) is 9.17. The Kier molecular flexibility index (Phi) is 13.3. The lowest BCUT2D eigenvalue weighted by molar-refractivity contribution is 0.157. The summed E-state index contributed by atoms with van der Waals surface area (Å²) in [7, 11) is 1.77. The van der Waals surface area contributed by atoms with Gasteiger partial charge < -0.3 is 20.1 Å². The van der Waals surface area contributed by atoms with Crippen molar-refractivity contribution in [2.24, 2.45) is 16.8 Å². The molecule has 1 aliphatic heterocycles. The second-order valence-electron chi connectivity index (χ2n) is 5.92. The summed E-state index contributed by atoms with van der Waals surface area (Å²) in [5, 5.41) is 12.5. The maximum absolute atomic E-state index is 9.15. The van der Waals surface area contributed by atoms with Gasteiger partial charge in [0, 0.05) is 45.8 Å². The van der Waals surface area contributed by atoms with Gasteiger partial charge in [-0.1, -0.05) is 13.3 Å². The molecular formula is C16H34IN3O2. The minimum atomic E-state index is 0. The quantitative estimate of drug-likeness (QED) is 0.337. The number of aliphatic hydroxyl groups is 1. The van der Waals surface area contributed by atoms with Crippen molar-refractivity contribution < 1.29 is 9.84 Å². The molecule has 2 atom stereocenters. The molecule has 0 aromatic rings. The summed E-state index contributed by atoms with van der Waals surface area (Å²) >= 11 is 0. The molecule has 0 radical (unpaired) electrons. The summed E-state index contributed by atoms with van der Waals surface area (Å²) in [5.41, 5.74) is 0. The van der Waals surface area contributed by atoms with E-state index in [0.717, 1.165) is 58.0 Å². The van der Waals surface area contributed by atoms with Crippen molar-refractivity contribution in [1.29, 1.82) is 0 Å². The zero-order valence-corrected chi connectivity index (χ0v) is 16.7. The van der Waals surface area contributed by atoms with E-state index in [1.165, 1.54) is 6.42 Å². The van der Waals surface area contributed by atoms with Crippen LogP contribution in [0.2, 0.25) is 0 Å². The Morgan fingerprint density at radius 1 is 1.41 bits per heavy atom. The standard InChI is InChI=1S/C16H33N3O2.HI/c1-4-6-14(8-10-20)11-18-16(17-5-2)19-9-7-15(12-19)13-21-3;/h14-15,20H,4-13H2,1-3H3,(H,17,18);1H. The Labute approximate surface area is 152 Å². The van der Waals surface area contributed by atoms with Gasteiger partial charge in [0.2, 0.25) is 0 Å². The lowest BCUT2D eigenvalue weighted by Gasteiger charge is -2.22. The number of likely N-dealkylation sites (tertiary alicyclic amines) is 1. The number of rotatable bonds is 9. The van der Waals surface area contributed by atoms with Crippen LogP contribution in [0.15, 0.2) is 4.99 Å². The normalized spacial score (nSPS) is 19.9. The Morgan fingerprint density at radius 3 is 2.77 bits per heavy atom. The molecule has 2 unspecified atom stereocenters. The van der Waals surface area contributed by atoms with Gasteiger partial charge in [-0.05, 0) is 32.1 Å². The maximum atomic E-state index is 9.15. The zero-order chi connectivity index (χ0) is 15.5. The topological polar surface area (TPSA) is 57.1 Å². The fourth-order valence-electron chi connectivity index (χ4n) is 2.96. The molecule has 2 N–H and O–H groups in total. The van der Waals surface area contributed by atoms with Crippen molar-refractivity contribution in [3.8, 4) is 0 Å². The van der Waals surface area contributed by atoms with Crippen molar-refractivity contribution in [3.05, 3.63) is 0 Å². The maximum Gasteiger partial charge on any atom is 0.193 e. The molecule has 5 nitrogen and oxygen atoms in total. The van der Waals surface area contributed by atoms with Gasteiger partial charge in [-0.15, -0.1) is 24.0 Å². The lowest BCUT2D eigenvalue weighted by Crippen LogP contribution is -2.40. The predicted octanol–water partition coefficient (Wildman–Crippen LogP) is 2.34. The first-order valence-corrected chi connectivity index (χ1v) is 8.38. The van der Waals surface area contributed by atoms with Crippen LogP contribution in [-0.4, -0.2) is 62.5 Å². The van der Waals surface area contributed by atoms with E-state index in [9.17, 15) is 0 Å². The summed E-state index contributed by atoms with van der Waals surface area (Å²) in [4.78, 5) is 7.15. The van der Waals surface area contributed by atoms with Crippen molar-refractivity contribution >= 4 is 29.9 Å². The summed E-state index contributed by atoms with van der Waals surface area (Å²) in [5.74, 6) is 2.13. The molecule has 0 aliphatic carbocycles. The van der Waals surface area contributed by atoms with Gasteiger partial charge in [0.05, 0.1) is 6.61 Å². The Balaban J connectivity index is 0.00000441. The molecule has 6 heteroatoms. The van der Waals surface area contributed by atoms with E-state index in [1.807, 2.05) is 0 Å². The number of nitrogens with one attached hydrogen (secondary N) is 1. The van der Waals surface area contributed by atoms with Crippen LogP contribution < -0.4 is 5.32 Å². The van der Waals surface area contributed by atoms with E-state index in [-0.39, 0.29) is 30.6 Å². The van der Waals surface area contributed by atoms with Gasteiger partial charge in [0.1, 0.15) is 0 Å². The molecular weight excluding hydrogens is 393 g/mol. The van der Waals surface area contributed by atoms with Crippen LogP contribution in [0, 0.1) is 11.8 Å². The second kappa shape index (κ2) is 13.4. The highest BCUT2D eigenvalue weighted by atomic mass is 127. The highest BCUT2D eigenvalue weighted by Crippen LogP contribution is 2.17. The monoisotopic (exact) mass is 427 g/mol. The van der Waals surface area contributed by atoms with Gasteiger partial charge in [-0.2, -0.15) is 0 Å². The van der Waals surface area contributed by atoms with E-state index in [1.54, 1.807) is 7.11 Å². The van der Waals surface area contributed by atoms with Gasteiger partial charge in [0.15, 0.2) is 5.96 Å². The fraction of sp³-hybridized carbons (Fsp3) is 0.938. The van der Waals surface area contributed by atoms with Crippen LogP contribution in [0.25, 0.3) is 0 Å². The van der Waals surface area contributed by atoms with Gasteiger partial charge in [-0.25, -0.2) is 0 Å². The highest BCUT2D eigenvalue weighted by molar-refractivity contribution is 14.0. The summed E-state index contributed by atoms with van der Waals surface area (Å²) < 4.78 is 5.26. The number of methoxy groups -OCH3 is 1. The van der Waals surface area contributed by atoms with Gasteiger partial charge in [0.25, 0.3) is 0 Å². The minimum Gasteiger partial charge on any atom is -0.396 e. The fourth-order valence-corrected chi connectivity index (χ4v) is 2.96. The Bertz CT molecular complexity index is 297. The predicted molar refractivity (Wildman–Crippen MR) is 103 cm³/mol. The van der Waals surface area contributed by atoms with Crippen molar-refractivity contribution in [2.45, 2.75) is 39.5 Å². The number of aliphatic imine (C=N–C) groups is 1. The lowest BCUT2D eigenvalue weighted by atomic mass is 10.0. The van der Waals surface area contributed by atoms with Gasteiger partial charge in [-0.3, -0.25) is 4.99 Å². The molecule has 22 heavy (non-hydrogen) atoms. The average molecular weight is 427 g/mol. The summed E-state index contributed by atoms with van der Waals surface area (Å²) in [6.07, 6.45) is 4.31. The highest BCUT2D eigenvalue weighted by Gasteiger charge is 2.24. The molecule has 0 spiro atoms. The molecule has 132 valence electrons. The van der Waals surface area contributed by atoms with Crippen molar-refractivity contribution in [1.82, 2.24) is 10.2 Å². The largest absolute Gasteiger partial charge is 0.396 e. The third kappa shape index (κ3) is 7.97. The van der Waals surface area contributed by atoms with Crippen molar-refractivity contribution in [2.75, 3.05) is 46.5 Å². The molecule has 0 bridgehead atoms. The molecule has 0 amide bonds. The van der Waals surface area contributed by atoms with Crippen LogP contribution in [0.1, 0.15) is 39.5 Å². The first-order chi connectivity index (χ1) is 10.2. The molecule has 1 heterocycles. The third-order valence-corrected chi connectivity index (χ3v) is 4.06. The van der Waals surface area contributed by atoms with Crippen molar-refractivity contribution in [3.63, 3.8) is 0 Å². The number of hydrogen-bond acceptors (Lipinski definition) is 3. The third-order valence-electron chi connectivity index (χ3n) is 4.06. The molecule has 0 aromatic carbocycles. The van der Waals surface area contributed by atoms with Crippen LogP contribution in [-0.2, 0) is 4.74 Å². The molecule has 1 saturated heterocycles. The van der Waals surface area contributed by atoms with Crippen LogP contribution in [0.4, 0.5) is 0 Å². The number of guanidine groups is 1. The minimum absolute atomic E-state index is 0. The number of ether oxygens (including phenoxy) is 1. The molecule has 1 aliphatic rings. The Hall–Kier alpha value is -0.0800. The van der Waals surface area contributed by atoms with E-state index in [0.29, 0.717) is 11.8 Å². The summed E-state index contributed by atoms with van der Waals surface area (Å²) in [6, 6.07) is 0. The van der Waals surface area contributed by atoms with E-state index in [4.69, 9.17) is 14.8 Å². The van der Waals surface area contributed by atoms with E-state index in [2.05, 4.69) is 24.1 Å². The molecule has 1 rings (SSSR count). The van der Waals surface area contributed by atoms with E-state index < -0.39 is 0 Å². The van der Waals surface area contributed by atoms with E-state index >= 15 is 0 Å². The zero-order valence-electron chi connectivity index (χ0n) is 14.4. The van der Waals surface area contributed by atoms with Gasteiger partial charge >= 0.3 is 0 Å². The number of halogens is 1. The molecule has 1 fully saturated rings. The van der Waals surface area contributed by atoms with Crippen LogP contribution in [0.5, 0.6) is 0 Å². The number of hydrogen-bond donors (Lipinski definition) is 2. The molecule has 0 saturated carbocycles. The first-order valence-electron chi connectivity index (χ1n) is 8.38. The van der Waals surface area contributed by atoms with Crippen LogP contribution >= 0.6 is 24.0 Å². The SMILES string of the molecule is CCCC(CCO)CN=C(NCC)N1CCC(COC)C1.I. The number of aliphatic hydroxyl groups excluding tert-OH is 1. The second-order valence-corrected chi connectivity index (χ2v) is 5.92. The van der Waals surface area contributed by atoms with Crippen LogP contribution in [0.3, 0.4) is 0 Å². The smallest absolute Gasteiger partial charge is 0.193 e.